The summed E-state index contributed by atoms with van der Waals surface area (Å²) in [7, 11) is 1.69. The van der Waals surface area contributed by atoms with Crippen LogP contribution in [-0.2, 0) is 11.2 Å². The molecule has 0 aromatic carbocycles. The van der Waals surface area contributed by atoms with Crippen molar-refractivity contribution in [3.05, 3.63) is 24.0 Å². The molecule has 1 aromatic rings. The van der Waals surface area contributed by atoms with Gasteiger partial charge in [-0.2, -0.15) is 0 Å². The first kappa shape index (κ1) is 14.3. The Morgan fingerprint density at radius 2 is 2.32 bits per heavy atom. The number of hydrogen-bond donors (Lipinski definition) is 1. The third-order valence-corrected chi connectivity index (χ3v) is 3.75. The number of hydrogen-bond acceptors (Lipinski definition) is 4. The van der Waals surface area contributed by atoms with Crippen LogP contribution in [0.15, 0.2) is 18.3 Å². The van der Waals surface area contributed by atoms with Gasteiger partial charge in [-0.3, -0.25) is 4.98 Å². The number of ether oxygens (including phenoxy) is 1. The standard InChI is InChI=1S/C15H24N2O2/c1-3-4-13-5-6-14(9-16-13)17-8-7-15(18)12(10-17)11-19-2/h5-6,9,12,15,18H,3-4,7-8,10-11H2,1-2H3. The molecule has 1 N–H and O–H groups in total. The van der Waals surface area contributed by atoms with Gasteiger partial charge >= 0.3 is 0 Å². The lowest BCUT2D eigenvalue weighted by Gasteiger charge is -2.37. The SMILES string of the molecule is CCCc1ccc(N2CCC(O)C(COC)C2)cn1. The van der Waals surface area contributed by atoms with Gasteiger partial charge in [0.25, 0.3) is 0 Å². The van der Waals surface area contributed by atoms with Crippen molar-refractivity contribution in [3.63, 3.8) is 0 Å². The van der Waals surface area contributed by atoms with E-state index >= 15 is 0 Å². The predicted octanol–water partition coefficient (Wildman–Crippen LogP) is 1.87. The van der Waals surface area contributed by atoms with Gasteiger partial charge in [0.2, 0.25) is 0 Å². The number of nitrogens with zero attached hydrogens (tertiary/aromatic N) is 2. The minimum absolute atomic E-state index is 0.189. The lowest BCUT2D eigenvalue weighted by atomic mass is 9.95. The van der Waals surface area contributed by atoms with E-state index in [4.69, 9.17) is 4.74 Å². The maximum absolute atomic E-state index is 9.96. The number of aliphatic hydroxyl groups is 1. The van der Waals surface area contributed by atoms with E-state index in [2.05, 4.69) is 28.9 Å². The van der Waals surface area contributed by atoms with Crippen LogP contribution in [0.2, 0.25) is 0 Å². The average molecular weight is 264 g/mol. The summed E-state index contributed by atoms with van der Waals surface area (Å²) in [6, 6.07) is 4.24. The molecule has 106 valence electrons. The summed E-state index contributed by atoms with van der Waals surface area (Å²) < 4.78 is 5.18. The number of anilines is 1. The highest BCUT2D eigenvalue weighted by Crippen LogP contribution is 2.23. The summed E-state index contributed by atoms with van der Waals surface area (Å²) in [5.41, 5.74) is 2.30. The van der Waals surface area contributed by atoms with Crippen molar-refractivity contribution in [1.29, 1.82) is 0 Å². The van der Waals surface area contributed by atoms with Crippen LogP contribution in [0, 0.1) is 5.92 Å². The molecule has 0 saturated carbocycles. The molecule has 0 amide bonds. The summed E-state index contributed by atoms with van der Waals surface area (Å²) in [5.74, 6) is 0.189. The van der Waals surface area contributed by atoms with Crippen LogP contribution in [-0.4, -0.2) is 43.0 Å². The third-order valence-electron chi connectivity index (χ3n) is 3.75. The molecule has 1 aliphatic heterocycles. The van der Waals surface area contributed by atoms with E-state index in [0.29, 0.717) is 6.61 Å². The third kappa shape index (κ3) is 3.67. The van der Waals surface area contributed by atoms with Gasteiger partial charge in [0.05, 0.1) is 24.6 Å². The lowest BCUT2D eigenvalue weighted by Crippen LogP contribution is -2.45. The molecular formula is C15H24N2O2. The summed E-state index contributed by atoms with van der Waals surface area (Å²) >= 11 is 0. The van der Waals surface area contributed by atoms with E-state index in [-0.39, 0.29) is 12.0 Å². The zero-order valence-electron chi connectivity index (χ0n) is 11.9. The Labute approximate surface area is 115 Å². The van der Waals surface area contributed by atoms with Gasteiger partial charge in [-0.1, -0.05) is 13.3 Å². The second-order valence-corrected chi connectivity index (χ2v) is 5.28. The highest BCUT2D eigenvalue weighted by molar-refractivity contribution is 5.45. The van der Waals surface area contributed by atoms with Crippen molar-refractivity contribution < 1.29 is 9.84 Å². The van der Waals surface area contributed by atoms with E-state index in [9.17, 15) is 5.11 Å². The zero-order valence-corrected chi connectivity index (χ0v) is 11.9. The van der Waals surface area contributed by atoms with Crippen LogP contribution < -0.4 is 4.90 Å². The van der Waals surface area contributed by atoms with Crippen LogP contribution in [0.4, 0.5) is 5.69 Å². The number of piperidine rings is 1. The first-order chi connectivity index (χ1) is 9.24. The Morgan fingerprint density at radius 3 is 2.95 bits per heavy atom. The average Bonchev–Trinajstić information content (AvgIpc) is 2.43. The molecule has 4 heteroatoms. The molecule has 0 bridgehead atoms. The van der Waals surface area contributed by atoms with Crippen LogP contribution in [0.5, 0.6) is 0 Å². The van der Waals surface area contributed by atoms with Crippen molar-refractivity contribution in [2.45, 2.75) is 32.3 Å². The largest absolute Gasteiger partial charge is 0.393 e. The van der Waals surface area contributed by atoms with Crippen molar-refractivity contribution in [2.24, 2.45) is 5.92 Å². The fourth-order valence-electron chi connectivity index (χ4n) is 2.64. The monoisotopic (exact) mass is 264 g/mol. The molecule has 2 unspecified atom stereocenters. The first-order valence-corrected chi connectivity index (χ1v) is 7.11. The summed E-state index contributed by atoms with van der Waals surface area (Å²) in [4.78, 5) is 6.79. The van der Waals surface area contributed by atoms with Crippen molar-refractivity contribution >= 4 is 5.69 Å². The van der Waals surface area contributed by atoms with Crippen LogP contribution in [0.25, 0.3) is 0 Å². The first-order valence-electron chi connectivity index (χ1n) is 7.11. The Morgan fingerprint density at radius 1 is 1.47 bits per heavy atom. The van der Waals surface area contributed by atoms with Crippen molar-refractivity contribution in [2.75, 3.05) is 31.7 Å². The molecule has 1 aromatic heterocycles. The van der Waals surface area contributed by atoms with Crippen molar-refractivity contribution in [3.8, 4) is 0 Å². The maximum atomic E-state index is 9.96. The maximum Gasteiger partial charge on any atom is 0.0624 e. The van der Waals surface area contributed by atoms with Gasteiger partial charge in [0.15, 0.2) is 0 Å². The molecular weight excluding hydrogens is 240 g/mol. The molecule has 0 radical (unpaired) electrons. The van der Waals surface area contributed by atoms with E-state index in [1.807, 2.05) is 6.20 Å². The number of pyridine rings is 1. The molecule has 0 spiro atoms. The minimum Gasteiger partial charge on any atom is -0.393 e. The molecule has 1 saturated heterocycles. The molecule has 1 aliphatic rings. The quantitative estimate of drug-likeness (QED) is 0.882. The Balaban J connectivity index is 2.00. The number of aromatic nitrogens is 1. The molecule has 0 aliphatic carbocycles. The van der Waals surface area contributed by atoms with Crippen molar-refractivity contribution in [1.82, 2.24) is 4.98 Å². The Kier molecular flexibility index (Phi) is 5.16. The zero-order chi connectivity index (χ0) is 13.7. The molecule has 2 atom stereocenters. The molecule has 4 nitrogen and oxygen atoms in total. The fraction of sp³-hybridized carbons (Fsp3) is 0.667. The van der Waals surface area contributed by atoms with Gasteiger partial charge in [0.1, 0.15) is 0 Å². The Hall–Kier alpha value is -1.13. The summed E-state index contributed by atoms with van der Waals surface area (Å²) in [6.07, 6.45) is 4.66. The second-order valence-electron chi connectivity index (χ2n) is 5.28. The number of methoxy groups -OCH3 is 1. The number of aryl methyl sites for hydroxylation is 1. The van der Waals surface area contributed by atoms with Gasteiger partial charge in [-0.15, -0.1) is 0 Å². The van der Waals surface area contributed by atoms with E-state index in [0.717, 1.165) is 43.7 Å². The van der Waals surface area contributed by atoms with E-state index in [1.165, 1.54) is 0 Å². The fourth-order valence-corrected chi connectivity index (χ4v) is 2.64. The highest BCUT2D eigenvalue weighted by atomic mass is 16.5. The van der Waals surface area contributed by atoms with Gasteiger partial charge < -0.3 is 14.7 Å². The molecule has 2 heterocycles. The van der Waals surface area contributed by atoms with E-state index < -0.39 is 0 Å². The lowest BCUT2D eigenvalue weighted by molar-refractivity contribution is 0.0359. The van der Waals surface area contributed by atoms with Gasteiger partial charge in [-0.05, 0) is 25.0 Å². The van der Waals surface area contributed by atoms with Crippen LogP contribution >= 0.6 is 0 Å². The topological polar surface area (TPSA) is 45.6 Å². The van der Waals surface area contributed by atoms with Crippen LogP contribution in [0.3, 0.4) is 0 Å². The number of rotatable bonds is 5. The molecule has 1 fully saturated rings. The minimum atomic E-state index is -0.247. The molecule has 19 heavy (non-hydrogen) atoms. The smallest absolute Gasteiger partial charge is 0.0624 e. The predicted molar refractivity (Wildman–Crippen MR) is 76.4 cm³/mol. The highest BCUT2D eigenvalue weighted by Gasteiger charge is 2.27. The summed E-state index contributed by atoms with van der Waals surface area (Å²) in [5, 5.41) is 9.96. The molecule has 2 rings (SSSR count). The second kappa shape index (κ2) is 6.87. The normalized spacial score (nSPS) is 23.6. The van der Waals surface area contributed by atoms with Gasteiger partial charge in [-0.25, -0.2) is 0 Å². The summed E-state index contributed by atoms with van der Waals surface area (Å²) in [6.45, 7) is 4.50. The van der Waals surface area contributed by atoms with Crippen LogP contribution in [0.1, 0.15) is 25.5 Å². The number of aliphatic hydroxyl groups excluding tert-OH is 1. The van der Waals surface area contributed by atoms with E-state index in [1.54, 1.807) is 7.11 Å². The Bertz CT molecular complexity index is 380. The van der Waals surface area contributed by atoms with Gasteiger partial charge in [0, 0.05) is 31.8 Å².